The molecular formula is C24H27FN6O4. The number of rotatable bonds is 13. The lowest BCUT2D eigenvalue weighted by atomic mass is 10.3. The second-order valence-corrected chi connectivity index (χ2v) is 7.69. The number of halogens is 1. The molecule has 0 aliphatic carbocycles. The zero-order valence-electron chi connectivity index (χ0n) is 19.3. The quantitative estimate of drug-likeness (QED) is 0.248. The molecule has 3 N–H and O–H groups in total. The van der Waals surface area contributed by atoms with Gasteiger partial charge >= 0.3 is 0 Å². The maximum absolute atomic E-state index is 13.6. The Kier molecular flexibility index (Phi) is 8.36. The molecule has 1 amide bonds. The first kappa shape index (κ1) is 24.3. The van der Waals surface area contributed by atoms with E-state index in [9.17, 15) is 9.18 Å². The molecule has 4 rings (SSSR count). The van der Waals surface area contributed by atoms with E-state index >= 15 is 0 Å². The normalized spacial score (nSPS) is 11.1. The number of aromatic nitrogens is 4. The Bertz CT molecular complexity index is 1260. The van der Waals surface area contributed by atoms with Crippen LogP contribution in [0, 0.1) is 5.82 Å². The summed E-state index contributed by atoms with van der Waals surface area (Å²) >= 11 is 0. The number of nitrogens with zero attached hydrogens (tertiary/aromatic N) is 3. The fourth-order valence-electron chi connectivity index (χ4n) is 3.35. The lowest BCUT2D eigenvalue weighted by molar-refractivity contribution is 0.0945. The summed E-state index contributed by atoms with van der Waals surface area (Å²) in [5.74, 6) is 1.16. The molecule has 0 unspecified atom stereocenters. The molecule has 0 atom stereocenters. The highest BCUT2D eigenvalue weighted by Crippen LogP contribution is 2.19. The van der Waals surface area contributed by atoms with Gasteiger partial charge in [0.15, 0.2) is 11.6 Å². The summed E-state index contributed by atoms with van der Waals surface area (Å²) in [4.78, 5) is 28.2. The van der Waals surface area contributed by atoms with Gasteiger partial charge in [-0.25, -0.2) is 14.4 Å². The van der Waals surface area contributed by atoms with E-state index in [1.54, 1.807) is 7.11 Å². The fraction of sp³-hybridized carbons (Fsp3) is 0.333. The molecule has 0 spiro atoms. The SMILES string of the molecule is COCCOc1ccc2nc(CCNCCc3nc(C(=O)NCc4ncccc4F)co3)[nH]c2c1. The highest BCUT2D eigenvalue weighted by molar-refractivity contribution is 5.91. The molecule has 0 saturated carbocycles. The minimum Gasteiger partial charge on any atom is -0.491 e. The van der Waals surface area contributed by atoms with E-state index < -0.39 is 11.7 Å². The first-order valence-electron chi connectivity index (χ1n) is 11.3. The highest BCUT2D eigenvalue weighted by Gasteiger charge is 2.13. The number of hydrogen-bond donors (Lipinski definition) is 3. The van der Waals surface area contributed by atoms with Gasteiger partial charge in [-0.3, -0.25) is 9.78 Å². The summed E-state index contributed by atoms with van der Waals surface area (Å²) in [7, 11) is 1.64. The van der Waals surface area contributed by atoms with Crippen molar-refractivity contribution in [2.45, 2.75) is 19.4 Å². The molecule has 0 fully saturated rings. The largest absolute Gasteiger partial charge is 0.491 e. The van der Waals surface area contributed by atoms with Gasteiger partial charge < -0.3 is 29.5 Å². The molecule has 1 aromatic carbocycles. The third kappa shape index (κ3) is 6.84. The van der Waals surface area contributed by atoms with E-state index in [0.717, 1.165) is 29.0 Å². The van der Waals surface area contributed by atoms with E-state index in [4.69, 9.17) is 13.9 Å². The van der Waals surface area contributed by atoms with E-state index in [-0.39, 0.29) is 17.9 Å². The maximum Gasteiger partial charge on any atom is 0.273 e. The van der Waals surface area contributed by atoms with Gasteiger partial charge in [-0.05, 0) is 24.3 Å². The number of imidazole rings is 1. The van der Waals surface area contributed by atoms with Crippen LogP contribution in [0.3, 0.4) is 0 Å². The predicted molar refractivity (Wildman–Crippen MR) is 126 cm³/mol. The third-order valence-corrected chi connectivity index (χ3v) is 5.15. The minimum atomic E-state index is -0.473. The van der Waals surface area contributed by atoms with Crippen molar-refractivity contribution in [1.29, 1.82) is 0 Å². The zero-order valence-corrected chi connectivity index (χ0v) is 19.3. The molecule has 0 radical (unpaired) electrons. The van der Waals surface area contributed by atoms with Crippen LogP contribution >= 0.6 is 0 Å². The van der Waals surface area contributed by atoms with Gasteiger partial charge in [-0.2, -0.15) is 0 Å². The van der Waals surface area contributed by atoms with Crippen molar-refractivity contribution in [3.8, 4) is 5.75 Å². The summed E-state index contributed by atoms with van der Waals surface area (Å²) in [6.45, 7) is 2.33. The molecule has 0 bridgehead atoms. The van der Waals surface area contributed by atoms with Gasteiger partial charge in [0.2, 0.25) is 0 Å². The maximum atomic E-state index is 13.6. The Morgan fingerprint density at radius 3 is 2.91 bits per heavy atom. The Labute approximate surface area is 201 Å². The summed E-state index contributed by atoms with van der Waals surface area (Å²) in [5, 5.41) is 5.90. The van der Waals surface area contributed by atoms with E-state index in [1.165, 1.54) is 24.6 Å². The predicted octanol–water partition coefficient (Wildman–Crippen LogP) is 2.42. The van der Waals surface area contributed by atoms with E-state index in [2.05, 4.69) is 30.6 Å². The number of carbonyl (C=O) groups is 1. The van der Waals surface area contributed by atoms with E-state index in [1.807, 2.05) is 18.2 Å². The molecule has 184 valence electrons. The number of carbonyl (C=O) groups excluding carboxylic acids is 1. The second kappa shape index (κ2) is 12.0. The number of H-pyrrole nitrogens is 1. The van der Waals surface area contributed by atoms with Crippen LogP contribution in [0.15, 0.2) is 47.2 Å². The van der Waals surface area contributed by atoms with Crippen molar-refractivity contribution in [2.24, 2.45) is 0 Å². The van der Waals surface area contributed by atoms with Crippen LogP contribution < -0.4 is 15.4 Å². The average molecular weight is 483 g/mol. The van der Waals surface area contributed by atoms with Crippen LogP contribution in [0.5, 0.6) is 5.75 Å². The number of benzene rings is 1. The number of ether oxygens (including phenoxy) is 2. The van der Waals surface area contributed by atoms with Crippen LogP contribution in [0.4, 0.5) is 4.39 Å². The third-order valence-electron chi connectivity index (χ3n) is 5.15. The number of aromatic amines is 1. The lowest BCUT2D eigenvalue weighted by Gasteiger charge is -2.04. The molecule has 3 aromatic heterocycles. The number of amides is 1. The number of methoxy groups -OCH3 is 1. The molecule has 0 saturated heterocycles. The Hall–Kier alpha value is -3.83. The van der Waals surface area contributed by atoms with Gasteiger partial charge in [-0.1, -0.05) is 0 Å². The zero-order chi connectivity index (χ0) is 24.5. The van der Waals surface area contributed by atoms with Gasteiger partial charge in [0.05, 0.1) is 29.9 Å². The van der Waals surface area contributed by atoms with Crippen molar-refractivity contribution >= 4 is 16.9 Å². The van der Waals surface area contributed by atoms with Gasteiger partial charge in [-0.15, -0.1) is 0 Å². The van der Waals surface area contributed by atoms with Crippen LogP contribution in [0.1, 0.15) is 27.9 Å². The summed E-state index contributed by atoms with van der Waals surface area (Å²) < 4.78 is 29.6. The molecule has 0 aliphatic heterocycles. The Balaban J connectivity index is 1.17. The minimum absolute atomic E-state index is 0.0286. The van der Waals surface area contributed by atoms with Gasteiger partial charge in [0.25, 0.3) is 5.91 Å². The van der Waals surface area contributed by atoms with Crippen molar-refractivity contribution < 1.29 is 23.1 Å². The van der Waals surface area contributed by atoms with Crippen molar-refractivity contribution in [1.82, 2.24) is 30.6 Å². The van der Waals surface area contributed by atoms with Crippen LogP contribution in [0.25, 0.3) is 11.0 Å². The van der Waals surface area contributed by atoms with Gasteiger partial charge in [0.1, 0.15) is 30.3 Å². The summed E-state index contributed by atoms with van der Waals surface area (Å²) in [6, 6.07) is 8.53. The Morgan fingerprint density at radius 1 is 1.17 bits per heavy atom. The lowest BCUT2D eigenvalue weighted by Crippen LogP contribution is -2.24. The monoisotopic (exact) mass is 482 g/mol. The van der Waals surface area contributed by atoms with Crippen molar-refractivity contribution in [3.05, 3.63) is 71.7 Å². The molecule has 3 heterocycles. The molecule has 4 aromatic rings. The fourth-order valence-corrected chi connectivity index (χ4v) is 3.35. The van der Waals surface area contributed by atoms with Crippen LogP contribution in [-0.2, 0) is 24.1 Å². The van der Waals surface area contributed by atoms with Crippen molar-refractivity contribution in [3.63, 3.8) is 0 Å². The van der Waals surface area contributed by atoms with Crippen molar-refractivity contribution in [2.75, 3.05) is 33.4 Å². The molecule has 35 heavy (non-hydrogen) atoms. The van der Waals surface area contributed by atoms with Gasteiger partial charge in [0, 0.05) is 45.3 Å². The first-order chi connectivity index (χ1) is 17.1. The van der Waals surface area contributed by atoms with Crippen LogP contribution in [0.2, 0.25) is 0 Å². The molecule has 11 heteroatoms. The number of nitrogens with one attached hydrogen (secondary N) is 3. The topological polar surface area (TPSA) is 127 Å². The van der Waals surface area contributed by atoms with Crippen LogP contribution in [-0.4, -0.2) is 59.3 Å². The number of pyridine rings is 1. The number of fused-ring (bicyclic) bond motifs is 1. The summed E-state index contributed by atoms with van der Waals surface area (Å²) in [5.41, 5.74) is 2.11. The number of hydrogen-bond acceptors (Lipinski definition) is 8. The average Bonchev–Trinajstić information content (AvgIpc) is 3.50. The van der Waals surface area contributed by atoms with E-state index in [0.29, 0.717) is 38.6 Å². The Morgan fingerprint density at radius 2 is 2.06 bits per heavy atom. The first-order valence-corrected chi connectivity index (χ1v) is 11.3. The highest BCUT2D eigenvalue weighted by atomic mass is 19.1. The molecule has 0 aliphatic rings. The number of oxazole rings is 1. The smallest absolute Gasteiger partial charge is 0.273 e. The standard InChI is InChI=1S/C24H27FN6O4/c1-33-11-12-34-16-4-5-18-19(13-16)30-22(29-18)6-9-26-10-7-23-31-21(15-35-23)24(32)28-14-20-17(25)3-2-8-27-20/h2-5,8,13,15,26H,6-7,9-12,14H2,1H3,(H,28,32)(H,29,30). The molecule has 10 nitrogen and oxygen atoms in total. The second-order valence-electron chi connectivity index (χ2n) is 7.69. The molecular weight excluding hydrogens is 455 g/mol. The summed E-state index contributed by atoms with van der Waals surface area (Å²) in [6.07, 6.45) is 4.00.